The molecule has 1 aliphatic rings. The molecule has 0 unspecified atom stereocenters. The minimum absolute atomic E-state index is 0.0450. The smallest absolute Gasteiger partial charge is 0.181 e. The molecule has 0 saturated heterocycles. The Morgan fingerprint density at radius 3 is 2.62 bits per heavy atom. The van der Waals surface area contributed by atoms with Gasteiger partial charge >= 0.3 is 0 Å². The van der Waals surface area contributed by atoms with E-state index in [0.717, 1.165) is 16.7 Å². The van der Waals surface area contributed by atoms with Crippen molar-refractivity contribution in [3.63, 3.8) is 0 Å². The van der Waals surface area contributed by atoms with Crippen molar-refractivity contribution in [2.75, 3.05) is 0 Å². The molecular weight excluding hydrogens is 256 g/mol. The molecule has 1 heteroatoms. The van der Waals surface area contributed by atoms with Gasteiger partial charge in [-0.2, -0.15) is 0 Å². The molecule has 21 heavy (non-hydrogen) atoms. The van der Waals surface area contributed by atoms with Crippen LogP contribution in [0.15, 0.2) is 70.9 Å². The van der Waals surface area contributed by atoms with Gasteiger partial charge in [0.15, 0.2) is 5.78 Å². The Morgan fingerprint density at radius 2 is 1.95 bits per heavy atom. The van der Waals surface area contributed by atoms with Crippen LogP contribution in [0.2, 0.25) is 0 Å². The van der Waals surface area contributed by atoms with Crippen molar-refractivity contribution in [3.8, 4) is 24.7 Å². The number of allylic oxidation sites excluding steroid dienone is 12. The number of ketones is 1. The predicted octanol–water partition coefficient (Wildman–Crippen LogP) is 4.08. The average molecular weight is 274 g/mol. The minimum atomic E-state index is -0.0450. The van der Waals surface area contributed by atoms with Gasteiger partial charge in [-0.1, -0.05) is 54.4 Å². The summed E-state index contributed by atoms with van der Waals surface area (Å²) in [6.07, 6.45) is 25.8. The fourth-order valence-electron chi connectivity index (χ4n) is 1.70. The summed E-state index contributed by atoms with van der Waals surface area (Å²) in [4.78, 5) is 12.0. The molecule has 0 N–H and O–H groups in total. The van der Waals surface area contributed by atoms with Crippen molar-refractivity contribution in [2.24, 2.45) is 0 Å². The highest BCUT2D eigenvalue weighted by Crippen LogP contribution is 2.17. The van der Waals surface area contributed by atoms with Crippen molar-refractivity contribution in [1.29, 1.82) is 0 Å². The van der Waals surface area contributed by atoms with E-state index in [9.17, 15) is 4.79 Å². The number of rotatable bonds is 4. The Labute approximate surface area is 127 Å². The first kappa shape index (κ1) is 16.3. The van der Waals surface area contributed by atoms with E-state index in [4.69, 9.17) is 12.8 Å². The second-order valence-corrected chi connectivity index (χ2v) is 4.68. The number of hydrogen-bond acceptors (Lipinski definition) is 1. The van der Waals surface area contributed by atoms with Crippen molar-refractivity contribution in [3.05, 3.63) is 70.9 Å². The molecule has 104 valence electrons. The molecule has 1 rings (SSSR count). The second kappa shape index (κ2) is 8.41. The number of carbonyl (C=O) groups excluding carboxylic acids is 1. The van der Waals surface area contributed by atoms with Crippen LogP contribution in [0.1, 0.15) is 20.3 Å². The summed E-state index contributed by atoms with van der Waals surface area (Å²) in [5, 5.41) is 0. The van der Waals surface area contributed by atoms with Gasteiger partial charge in [0, 0.05) is 12.0 Å². The lowest BCUT2D eigenvalue weighted by atomic mass is 10.0. The highest BCUT2D eigenvalue weighted by atomic mass is 16.1. The van der Waals surface area contributed by atoms with Gasteiger partial charge in [-0.3, -0.25) is 4.79 Å². The summed E-state index contributed by atoms with van der Waals surface area (Å²) in [6, 6.07) is 0. The molecular formula is C20H18O. The molecule has 0 saturated carbocycles. The molecule has 1 aliphatic carbocycles. The molecule has 0 aromatic carbocycles. The van der Waals surface area contributed by atoms with Crippen LogP contribution in [-0.2, 0) is 4.79 Å². The van der Waals surface area contributed by atoms with Crippen molar-refractivity contribution in [1.82, 2.24) is 0 Å². The quantitative estimate of drug-likeness (QED) is 0.429. The third kappa shape index (κ3) is 5.81. The SMILES string of the molecule is C#CC1=CC=CC=C(/C=C(\C)C(=O)/C=C/C=C(/C)C#C)C1. The highest BCUT2D eigenvalue weighted by Gasteiger charge is 2.04. The van der Waals surface area contributed by atoms with Gasteiger partial charge < -0.3 is 0 Å². The van der Waals surface area contributed by atoms with Gasteiger partial charge in [-0.25, -0.2) is 0 Å². The van der Waals surface area contributed by atoms with Gasteiger partial charge in [0.2, 0.25) is 0 Å². The minimum Gasteiger partial charge on any atom is -0.290 e. The van der Waals surface area contributed by atoms with Gasteiger partial charge in [-0.15, -0.1) is 12.8 Å². The lowest BCUT2D eigenvalue weighted by molar-refractivity contribution is -0.111. The molecule has 0 fully saturated rings. The van der Waals surface area contributed by atoms with Gasteiger partial charge in [0.1, 0.15) is 0 Å². The zero-order valence-corrected chi connectivity index (χ0v) is 12.4. The third-order valence-corrected chi connectivity index (χ3v) is 2.91. The van der Waals surface area contributed by atoms with Crippen molar-refractivity contribution in [2.45, 2.75) is 20.3 Å². The summed E-state index contributed by atoms with van der Waals surface area (Å²) >= 11 is 0. The lowest BCUT2D eigenvalue weighted by Crippen LogP contribution is -1.95. The fraction of sp³-hybridized carbons (Fsp3) is 0.150. The van der Waals surface area contributed by atoms with E-state index in [-0.39, 0.29) is 5.78 Å². The first-order chi connectivity index (χ1) is 10.1. The maximum absolute atomic E-state index is 12.0. The molecule has 0 spiro atoms. The van der Waals surface area contributed by atoms with Crippen LogP contribution in [0.25, 0.3) is 0 Å². The van der Waals surface area contributed by atoms with Crippen LogP contribution < -0.4 is 0 Å². The molecule has 0 atom stereocenters. The summed E-state index contributed by atoms with van der Waals surface area (Å²) in [7, 11) is 0. The lowest BCUT2D eigenvalue weighted by Gasteiger charge is -2.02. The first-order valence-corrected chi connectivity index (χ1v) is 6.64. The summed E-state index contributed by atoms with van der Waals surface area (Å²) < 4.78 is 0. The van der Waals surface area contributed by atoms with E-state index in [1.54, 1.807) is 19.1 Å². The van der Waals surface area contributed by atoms with Crippen LogP contribution in [0, 0.1) is 24.7 Å². The van der Waals surface area contributed by atoms with Gasteiger partial charge in [-0.05, 0) is 36.6 Å². The molecule has 0 aromatic heterocycles. The molecule has 0 amide bonds. The molecule has 1 nitrogen and oxygen atoms in total. The standard InChI is InChI=1S/C20H18O/c1-5-16(3)10-9-13-20(21)17(4)14-19-12-8-7-11-18(6-2)15-19/h1-2,7-14H,15H2,3-4H3/b13-9+,16-10-,17-14+. The average Bonchev–Trinajstić information content (AvgIpc) is 2.71. The first-order valence-electron chi connectivity index (χ1n) is 6.64. The fourth-order valence-corrected chi connectivity index (χ4v) is 1.70. The van der Waals surface area contributed by atoms with Gasteiger partial charge in [0.05, 0.1) is 0 Å². The van der Waals surface area contributed by atoms with E-state index >= 15 is 0 Å². The predicted molar refractivity (Wildman–Crippen MR) is 89.3 cm³/mol. The van der Waals surface area contributed by atoms with E-state index in [0.29, 0.717) is 12.0 Å². The number of terminal acetylenes is 2. The van der Waals surface area contributed by atoms with Crippen LogP contribution in [0.4, 0.5) is 0 Å². The van der Waals surface area contributed by atoms with Crippen LogP contribution >= 0.6 is 0 Å². The monoisotopic (exact) mass is 274 g/mol. The molecule has 0 aliphatic heterocycles. The molecule has 0 radical (unpaired) electrons. The zero-order chi connectivity index (χ0) is 15.7. The molecule has 0 bridgehead atoms. The Bertz CT molecular complexity index is 674. The van der Waals surface area contributed by atoms with Crippen LogP contribution in [0.3, 0.4) is 0 Å². The van der Waals surface area contributed by atoms with E-state index in [1.165, 1.54) is 6.08 Å². The van der Waals surface area contributed by atoms with Crippen molar-refractivity contribution >= 4 is 5.78 Å². The Kier molecular flexibility index (Phi) is 6.52. The third-order valence-electron chi connectivity index (χ3n) is 2.91. The summed E-state index contributed by atoms with van der Waals surface area (Å²) in [5.41, 5.74) is 3.36. The van der Waals surface area contributed by atoms with E-state index < -0.39 is 0 Å². The molecule has 0 heterocycles. The Hall–Kier alpha value is -2.77. The van der Waals surface area contributed by atoms with Gasteiger partial charge in [0.25, 0.3) is 0 Å². The van der Waals surface area contributed by atoms with Crippen LogP contribution in [0.5, 0.6) is 0 Å². The normalized spacial score (nSPS) is 15.8. The number of hydrogen-bond donors (Lipinski definition) is 0. The summed E-state index contributed by atoms with van der Waals surface area (Å²) in [6.45, 7) is 3.60. The van der Waals surface area contributed by atoms with E-state index in [1.807, 2.05) is 37.3 Å². The number of carbonyl (C=O) groups is 1. The maximum Gasteiger partial charge on any atom is 0.181 e. The Morgan fingerprint density at radius 1 is 1.24 bits per heavy atom. The maximum atomic E-state index is 12.0. The van der Waals surface area contributed by atoms with Crippen molar-refractivity contribution < 1.29 is 4.79 Å². The topological polar surface area (TPSA) is 17.1 Å². The van der Waals surface area contributed by atoms with E-state index in [2.05, 4.69) is 11.8 Å². The zero-order valence-electron chi connectivity index (χ0n) is 12.4. The molecule has 0 aromatic rings. The highest BCUT2D eigenvalue weighted by molar-refractivity contribution is 6.04. The Balaban J connectivity index is 2.82. The largest absolute Gasteiger partial charge is 0.290 e. The summed E-state index contributed by atoms with van der Waals surface area (Å²) in [5.74, 6) is 5.09. The van der Waals surface area contributed by atoms with Crippen LogP contribution in [-0.4, -0.2) is 5.78 Å². The second-order valence-electron chi connectivity index (χ2n) is 4.68.